The topological polar surface area (TPSA) is 29.5 Å². The van der Waals surface area contributed by atoms with Crippen molar-refractivity contribution in [3.05, 3.63) is 34.9 Å². The van der Waals surface area contributed by atoms with Crippen LogP contribution in [-0.4, -0.2) is 30.5 Å². The molecule has 0 bridgehead atoms. The molecule has 2 aliphatic rings. The zero-order chi connectivity index (χ0) is 15.5. The third-order valence-corrected chi connectivity index (χ3v) is 5.37. The highest BCUT2D eigenvalue weighted by atomic mass is 35.5. The van der Waals surface area contributed by atoms with Crippen molar-refractivity contribution in [1.82, 2.24) is 4.90 Å². The summed E-state index contributed by atoms with van der Waals surface area (Å²) in [5, 5.41) is 0.724. The molecule has 0 spiro atoms. The second-order valence-electron chi connectivity index (χ2n) is 6.53. The molecule has 1 aliphatic heterocycles. The summed E-state index contributed by atoms with van der Waals surface area (Å²) in [4.78, 5) is 14.8. The minimum atomic E-state index is -0.0363. The molecule has 120 valence electrons. The summed E-state index contributed by atoms with van der Waals surface area (Å²) < 4.78 is 5.85. The molecule has 1 amide bonds. The predicted molar refractivity (Wildman–Crippen MR) is 87.8 cm³/mol. The van der Waals surface area contributed by atoms with E-state index in [0.29, 0.717) is 31.5 Å². The standard InChI is InChI=1S/C18H24ClNO2/c1-13(14-4-2-3-5-14)18(21)20-10-11-22-17(12-20)15-6-8-16(19)9-7-15/h6-9,13-14,17H,2-5,10-12H2,1H3. The number of rotatable bonds is 3. The van der Waals surface area contributed by atoms with E-state index < -0.39 is 0 Å². The molecule has 0 radical (unpaired) electrons. The van der Waals surface area contributed by atoms with Crippen molar-refractivity contribution >= 4 is 17.5 Å². The van der Waals surface area contributed by atoms with Crippen molar-refractivity contribution in [3.63, 3.8) is 0 Å². The Balaban J connectivity index is 1.64. The summed E-state index contributed by atoms with van der Waals surface area (Å²) >= 11 is 5.94. The Morgan fingerprint density at radius 2 is 1.95 bits per heavy atom. The van der Waals surface area contributed by atoms with E-state index in [1.54, 1.807) is 0 Å². The van der Waals surface area contributed by atoms with Gasteiger partial charge in [-0.3, -0.25) is 4.79 Å². The van der Waals surface area contributed by atoms with Gasteiger partial charge in [0.1, 0.15) is 6.10 Å². The van der Waals surface area contributed by atoms with Crippen LogP contribution in [-0.2, 0) is 9.53 Å². The van der Waals surface area contributed by atoms with Crippen LogP contribution in [0.15, 0.2) is 24.3 Å². The molecule has 1 saturated carbocycles. The summed E-state index contributed by atoms with van der Waals surface area (Å²) in [6.45, 7) is 4.07. The number of hydrogen-bond donors (Lipinski definition) is 0. The first-order valence-corrected chi connectivity index (χ1v) is 8.69. The van der Waals surface area contributed by atoms with Crippen LogP contribution in [0.2, 0.25) is 5.02 Å². The lowest BCUT2D eigenvalue weighted by Crippen LogP contribution is -2.45. The molecular formula is C18H24ClNO2. The Bertz CT molecular complexity index is 510. The Morgan fingerprint density at radius 3 is 2.64 bits per heavy atom. The fourth-order valence-electron chi connectivity index (χ4n) is 3.68. The van der Waals surface area contributed by atoms with Gasteiger partial charge in [-0.25, -0.2) is 0 Å². The SMILES string of the molecule is CC(C(=O)N1CCOC(c2ccc(Cl)cc2)C1)C1CCCC1. The first kappa shape index (κ1) is 15.8. The first-order valence-electron chi connectivity index (χ1n) is 8.31. The van der Waals surface area contributed by atoms with Gasteiger partial charge in [0.2, 0.25) is 5.91 Å². The molecule has 3 rings (SSSR count). The van der Waals surface area contributed by atoms with Gasteiger partial charge in [0.05, 0.1) is 13.2 Å². The molecule has 0 N–H and O–H groups in total. The molecular weight excluding hydrogens is 298 g/mol. The zero-order valence-corrected chi connectivity index (χ0v) is 13.9. The molecule has 0 aromatic heterocycles. The number of nitrogens with zero attached hydrogens (tertiary/aromatic N) is 1. The number of carbonyl (C=O) groups is 1. The predicted octanol–water partition coefficient (Wildman–Crippen LogP) is 4.07. The second kappa shape index (κ2) is 7.01. The average molecular weight is 322 g/mol. The van der Waals surface area contributed by atoms with Crippen LogP contribution in [0, 0.1) is 11.8 Å². The van der Waals surface area contributed by atoms with Crippen LogP contribution in [0.4, 0.5) is 0 Å². The lowest BCUT2D eigenvalue weighted by atomic mass is 9.91. The summed E-state index contributed by atoms with van der Waals surface area (Å²) in [6.07, 6.45) is 4.93. The summed E-state index contributed by atoms with van der Waals surface area (Å²) in [7, 11) is 0. The van der Waals surface area contributed by atoms with E-state index in [1.807, 2.05) is 29.2 Å². The van der Waals surface area contributed by atoms with Gasteiger partial charge in [-0.15, -0.1) is 0 Å². The zero-order valence-electron chi connectivity index (χ0n) is 13.1. The third-order valence-electron chi connectivity index (χ3n) is 5.12. The van der Waals surface area contributed by atoms with Gasteiger partial charge in [0.25, 0.3) is 0 Å². The van der Waals surface area contributed by atoms with Gasteiger partial charge in [-0.05, 0) is 36.5 Å². The lowest BCUT2D eigenvalue weighted by molar-refractivity contribution is -0.144. The van der Waals surface area contributed by atoms with Crippen LogP contribution in [0.3, 0.4) is 0 Å². The van der Waals surface area contributed by atoms with Gasteiger partial charge in [0.15, 0.2) is 0 Å². The van der Waals surface area contributed by atoms with E-state index in [0.717, 1.165) is 10.6 Å². The van der Waals surface area contributed by atoms with Crippen LogP contribution < -0.4 is 0 Å². The van der Waals surface area contributed by atoms with Gasteiger partial charge in [0, 0.05) is 17.5 Å². The molecule has 3 nitrogen and oxygen atoms in total. The largest absolute Gasteiger partial charge is 0.370 e. The minimum Gasteiger partial charge on any atom is -0.370 e. The first-order chi connectivity index (χ1) is 10.6. The highest BCUT2D eigenvalue weighted by Gasteiger charge is 2.32. The second-order valence-corrected chi connectivity index (χ2v) is 6.96. The van der Waals surface area contributed by atoms with Crippen LogP contribution >= 0.6 is 11.6 Å². The summed E-state index contributed by atoms with van der Waals surface area (Å²) in [6, 6.07) is 7.73. The molecule has 1 aliphatic carbocycles. The lowest BCUT2D eigenvalue weighted by Gasteiger charge is -2.35. The number of morpholine rings is 1. The number of amides is 1. The molecule has 2 atom stereocenters. The number of hydrogen-bond acceptors (Lipinski definition) is 2. The van der Waals surface area contributed by atoms with Crippen molar-refractivity contribution in [3.8, 4) is 0 Å². The van der Waals surface area contributed by atoms with E-state index in [9.17, 15) is 4.79 Å². The number of benzene rings is 1. The molecule has 2 unspecified atom stereocenters. The molecule has 1 aromatic rings. The van der Waals surface area contributed by atoms with Crippen molar-refractivity contribution in [2.45, 2.75) is 38.7 Å². The molecule has 2 fully saturated rings. The normalized spacial score (nSPS) is 24.5. The van der Waals surface area contributed by atoms with E-state index in [1.165, 1.54) is 25.7 Å². The Labute approximate surface area is 137 Å². The van der Waals surface area contributed by atoms with E-state index in [2.05, 4.69) is 6.92 Å². The summed E-state index contributed by atoms with van der Waals surface area (Å²) in [5.41, 5.74) is 1.09. The van der Waals surface area contributed by atoms with Crippen LogP contribution in [0.25, 0.3) is 0 Å². The number of halogens is 1. The van der Waals surface area contributed by atoms with Crippen molar-refractivity contribution in [1.29, 1.82) is 0 Å². The Morgan fingerprint density at radius 1 is 1.27 bits per heavy atom. The van der Waals surface area contributed by atoms with Crippen molar-refractivity contribution < 1.29 is 9.53 Å². The fraction of sp³-hybridized carbons (Fsp3) is 0.611. The smallest absolute Gasteiger partial charge is 0.225 e. The Hall–Kier alpha value is -1.06. The maximum absolute atomic E-state index is 12.8. The van der Waals surface area contributed by atoms with Gasteiger partial charge >= 0.3 is 0 Å². The molecule has 1 heterocycles. The molecule has 22 heavy (non-hydrogen) atoms. The fourth-order valence-corrected chi connectivity index (χ4v) is 3.80. The van der Waals surface area contributed by atoms with Crippen molar-refractivity contribution in [2.75, 3.05) is 19.7 Å². The quantitative estimate of drug-likeness (QED) is 0.840. The maximum Gasteiger partial charge on any atom is 0.225 e. The monoisotopic (exact) mass is 321 g/mol. The molecule has 1 aromatic carbocycles. The van der Waals surface area contributed by atoms with Gasteiger partial charge in [-0.1, -0.05) is 43.5 Å². The van der Waals surface area contributed by atoms with Crippen LogP contribution in [0.1, 0.15) is 44.3 Å². The van der Waals surface area contributed by atoms with E-state index in [-0.39, 0.29) is 12.0 Å². The van der Waals surface area contributed by atoms with Gasteiger partial charge in [-0.2, -0.15) is 0 Å². The summed E-state index contributed by atoms with van der Waals surface area (Å²) in [5.74, 6) is 1.02. The number of ether oxygens (including phenoxy) is 1. The van der Waals surface area contributed by atoms with Gasteiger partial charge < -0.3 is 9.64 Å². The Kier molecular flexibility index (Phi) is 5.04. The molecule has 4 heteroatoms. The van der Waals surface area contributed by atoms with Crippen molar-refractivity contribution in [2.24, 2.45) is 11.8 Å². The maximum atomic E-state index is 12.8. The highest BCUT2D eigenvalue weighted by molar-refractivity contribution is 6.30. The minimum absolute atomic E-state index is 0.0363. The van der Waals surface area contributed by atoms with E-state index in [4.69, 9.17) is 16.3 Å². The van der Waals surface area contributed by atoms with Crippen LogP contribution in [0.5, 0.6) is 0 Å². The van der Waals surface area contributed by atoms with E-state index >= 15 is 0 Å². The molecule has 1 saturated heterocycles. The number of carbonyl (C=O) groups excluding carboxylic acids is 1. The highest BCUT2D eigenvalue weighted by Crippen LogP contribution is 2.33. The average Bonchev–Trinajstić information content (AvgIpc) is 3.09. The third kappa shape index (κ3) is 3.47.